The lowest BCUT2D eigenvalue weighted by atomic mass is 9.93. The molecule has 8 heteroatoms. The van der Waals surface area contributed by atoms with E-state index in [-0.39, 0.29) is 5.91 Å². The Labute approximate surface area is 173 Å². The number of carbonyl (C=O) groups is 1. The minimum atomic E-state index is 0.213. The molecule has 0 atom stereocenters. The molecule has 0 aliphatic carbocycles. The minimum Gasteiger partial charge on any atom is -0.357 e. The standard InChI is InChI=1S/C21H33N7O/c1-5-10-28-18(13-16(2)25-28)15-26(4)20(29)14-17-7-11-27(12-8-17)19-6-9-23-21(22-3)24-19/h6,9,13,17H,5,7-8,10-12,14-15H2,1-4H3,(H,22,23,24). The number of aromatic nitrogens is 4. The molecule has 1 saturated heterocycles. The maximum absolute atomic E-state index is 12.8. The van der Waals surface area contributed by atoms with Gasteiger partial charge >= 0.3 is 0 Å². The van der Waals surface area contributed by atoms with Crippen LogP contribution in [0.25, 0.3) is 0 Å². The fraction of sp³-hybridized carbons (Fsp3) is 0.619. The van der Waals surface area contributed by atoms with Crippen LogP contribution in [0.3, 0.4) is 0 Å². The van der Waals surface area contributed by atoms with Crippen molar-refractivity contribution in [3.05, 3.63) is 29.7 Å². The Morgan fingerprint density at radius 1 is 1.34 bits per heavy atom. The number of rotatable bonds is 8. The third-order valence-corrected chi connectivity index (χ3v) is 5.51. The second-order valence-electron chi connectivity index (χ2n) is 7.87. The molecule has 2 aromatic heterocycles. The van der Waals surface area contributed by atoms with Gasteiger partial charge in [0.15, 0.2) is 0 Å². The van der Waals surface area contributed by atoms with Crippen molar-refractivity contribution >= 4 is 17.7 Å². The summed E-state index contributed by atoms with van der Waals surface area (Å²) in [7, 11) is 3.72. The maximum Gasteiger partial charge on any atom is 0.224 e. The average Bonchev–Trinajstić information content (AvgIpc) is 3.07. The molecule has 0 aromatic carbocycles. The number of nitrogens with one attached hydrogen (secondary N) is 1. The normalized spacial score (nSPS) is 14.8. The number of hydrogen-bond donors (Lipinski definition) is 1. The second kappa shape index (κ2) is 9.71. The predicted molar refractivity (Wildman–Crippen MR) is 115 cm³/mol. The topological polar surface area (TPSA) is 79.2 Å². The van der Waals surface area contributed by atoms with Crippen molar-refractivity contribution in [2.75, 3.05) is 37.4 Å². The summed E-state index contributed by atoms with van der Waals surface area (Å²) in [5.74, 6) is 2.23. The highest BCUT2D eigenvalue weighted by atomic mass is 16.2. The summed E-state index contributed by atoms with van der Waals surface area (Å²) in [5.41, 5.74) is 2.12. The van der Waals surface area contributed by atoms with Crippen molar-refractivity contribution in [3.8, 4) is 0 Å². The second-order valence-corrected chi connectivity index (χ2v) is 7.87. The van der Waals surface area contributed by atoms with Crippen molar-refractivity contribution in [1.29, 1.82) is 0 Å². The van der Waals surface area contributed by atoms with Gasteiger partial charge in [0.25, 0.3) is 0 Å². The SMILES string of the molecule is CCCn1nc(C)cc1CN(C)C(=O)CC1CCN(c2ccnc(NC)n2)CC1. The van der Waals surface area contributed by atoms with Gasteiger partial charge in [-0.15, -0.1) is 0 Å². The van der Waals surface area contributed by atoms with E-state index >= 15 is 0 Å². The van der Waals surface area contributed by atoms with Crippen LogP contribution in [0.15, 0.2) is 18.3 Å². The molecule has 3 heterocycles. The zero-order chi connectivity index (χ0) is 20.8. The molecule has 2 aromatic rings. The predicted octanol–water partition coefficient (Wildman–Crippen LogP) is 2.70. The molecule has 1 N–H and O–H groups in total. The molecule has 0 unspecified atom stereocenters. The first kappa shape index (κ1) is 21.1. The van der Waals surface area contributed by atoms with E-state index in [0.29, 0.717) is 24.8 Å². The number of anilines is 2. The molecule has 158 valence electrons. The first-order chi connectivity index (χ1) is 14.0. The van der Waals surface area contributed by atoms with E-state index in [2.05, 4.69) is 38.3 Å². The van der Waals surface area contributed by atoms with Gasteiger partial charge in [-0.2, -0.15) is 10.1 Å². The van der Waals surface area contributed by atoms with Crippen LogP contribution in [0.1, 0.15) is 44.0 Å². The van der Waals surface area contributed by atoms with Gasteiger partial charge in [-0.3, -0.25) is 9.48 Å². The van der Waals surface area contributed by atoms with E-state index in [9.17, 15) is 4.79 Å². The Kier molecular flexibility index (Phi) is 7.06. The summed E-state index contributed by atoms with van der Waals surface area (Å²) >= 11 is 0. The molecule has 0 radical (unpaired) electrons. The van der Waals surface area contributed by atoms with Crippen LogP contribution in [0.5, 0.6) is 0 Å². The van der Waals surface area contributed by atoms with Crippen LogP contribution in [0.4, 0.5) is 11.8 Å². The fourth-order valence-electron chi connectivity index (χ4n) is 3.88. The van der Waals surface area contributed by atoms with E-state index < -0.39 is 0 Å². The Bertz CT molecular complexity index is 811. The van der Waals surface area contributed by atoms with Crippen molar-refractivity contribution in [1.82, 2.24) is 24.6 Å². The van der Waals surface area contributed by atoms with Crippen molar-refractivity contribution in [3.63, 3.8) is 0 Å². The molecular weight excluding hydrogens is 366 g/mol. The first-order valence-corrected chi connectivity index (χ1v) is 10.5. The molecule has 29 heavy (non-hydrogen) atoms. The van der Waals surface area contributed by atoms with Crippen LogP contribution in [0, 0.1) is 12.8 Å². The van der Waals surface area contributed by atoms with E-state index in [4.69, 9.17) is 0 Å². The van der Waals surface area contributed by atoms with E-state index in [1.807, 2.05) is 36.7 Å². The molecule has 8 nitrogen and oxygen atoms in total. The van der Waals surface area contributed by atoms with Crippen LogP contribution >= 0.6 is 0 Å². The van der Waals surface area contributed by atoms with Crippen molar-refractivity contribution < 1.29 is 4.79 Å². The average molecular weight is 400 g/mol. The lowest BCUT2D eigenvalue weighted by molar-refractivity contribution is -0.131. The van der Waals surface area contributed by atoms with Gasteiger partial charge in [-0.25, -0.2) is 4.98 Å². The van der Waals surface area contributed by atoms with Gasteiger partial charge < -0.3 is 15.1 Å². The third kappa shape index (κ3) is 5.46. The zero-order valence-corrected chi connectivity index (χ0v) is 18.1. The number of aryl methyl sites for hydroxylation is 2. The lowest BCUT2D eigenvalue weighted by Gasteiger charge is -2.33. The Hall–Kier alpha value is -2.64. The molecular formula is C21H33N7O. The molecule has 1 aliphatic rings. The van der Waals surface area contributed by atoms with Crippen LogP contribution in [-0.4, -0.2) is 57.7 Å². The first-order valence-electron chi connectivity index (χ1n) is 10.5. The van der Waals surface area contributed by atoms with Crippen molar-refractivity contribution in [2.45, 2.75) is 52.6 Å². The van der Waals surface area contributed by atoms with Crippen LogP contribution in [-0.2, 0) is 17.9 Å². The quantitative estimate of drug-likeness (QED) is 0.735. The van der Waals surface area contributed by atoms with Crippen LogP contribution in [0.2, 0.25) is 0 Å². The molecule has 3 rings (SSSR count). The molecule has 0 saturated carbocycles. The minimum absolute atomic E-state index is 0.213. The Balaban J connectivity index is 1.50. The Morgan fingerprint density at radius 2 is 2.10 bits per heavy atom. The van der Waals surface area contributed by atoms with E-state index in [1.54, 1.807) is 6.20 Å². The van der Waals surface area contributed by atoms with Gasteiger partial charge in [0, 0.05) is 46.3 Å². The van der Waals surface area contributed by atoms with Crippen molar-refractivity contribution in [2.24, 2.45) is 5.92 Å². The summed E-state index contributed by atoms with van der Waals surface area (Å²) in [6.07, 6.45) is 5.43. The summed E-state index contributed by atoms with van der Waals surface area (Å²) in [4.78, 5) is 25.6. The highest BCUT2D eigenvalue weighted by Gasteiger charge is 2.24. The van der Waals surface area contributed by atoms with Gasteiger partial charge in [0.1, 0.15) is 5.82 Å². The molecule has 0 spiro atoms. The number of amides is 1. The smallest absolute Gasteiger partial charge is 0.224 e. The molecule has 1 fully saturated rings. The van der Waals surface area contributed by atoms with Crippen LogP contribution < -0.4 is 10.2 Å². The van der Waals surface area contributed by atoms with E-state index in [0.717, 1.165) is 56.1 Å². The third-order valence-electron chi connectivity index (χ3n) is 5.51. The Morgan fingerprint density at radius 3 is 2.79 bits per heavy atom. The molecule has 1 aliphatic heterocycles. The molecule has 1 amide bonds. The molecule has 0 bridgehead atoms. The van der Waals surface area contributed by atoms with Gasteiger partial charge in [0.05, 0.1) is 17.9 Å². The number of hydrogen-bond acceptors (Lipinski definition) is 6. The maximum atomic E-state index is 12.8. The zero-order valence-electron chi connectivity index (χ0n) is 18.1. The largest absolute Gasteiger partial charge is 0.357 e. The van der Waals surface area contributed by atoms with Gasteiger partial charge in [-0.1, -0.05) is 6.92 Å². The fourth-order valence-corrected chi connectivity index (χ4v) is 3.88. The summed E-state index contributed by atoms with van der Waals surface area (Å²) in [6.45, 7) is 7.49. The highest BCUT2D eigenvalue weighted by Crippen LogP contribution is 2.25. The van der Waals surface area contributed by atoms with E-state index in [1.165, 1.54) is 0 Å². The number of carbonyl (C=O) groups excluding carboxylic acids is 1. The summed E-state index contributed by atoms with van der Waals surface area (Å²) in [6, 6.07) is 4.03. The van der Waals surface area contributed by atoms with Gasteiger partial charge in [0.2, 0.25) is 11.9 Å². The number of nitrogens with zero attached hydrogens (tertiary/aromatic N) is 6. The summed E-state index contributed by atoms with van der Waals surface area (Å²) in [5, 5.41) is 7.52. The lowest BCUT2D eigenvalue weighted by Crippen LogP contribution is -2.37. The monoisotopic (exact) mass is 399 g/mol. The number of piperidine rings is 1. The van der Waals surface area contributed by atoms with Gasteiger partial charge in [-0.05, 0) is 44.2 Å². The summed E-state index contributed by atoms with van der Waals surface area (Å²) < 4.78 is 2.03. The highest BCUT2D eigenvalue weighted by molar-refractivity contribution is 5.76.